The van der Waals surface area contributed by atoms with E-state index in [-0.39, 0.29) is 0 Å². The van der Waals surface area contributed by atoms with Crippen LogP contribution < -0.4 is 0 Å². The smallest absolute Gasteiger partial charge is 0.241 e. The van der Waals surface area contributed by atoms with Gasteiger partial charge in [0.25, 0.3) is 23.6 Å². The molecule has 0 aliphatic carbocycles. The summed E-state index contributed by atoms with van der Waals surface area (Å²) < 4.78 is 35.7. The molecule has 10 nitrogen and oxygen atoms in total. The van der Waals surface area contributed by atoms with Crippen molar-refractivity contribution >= 4 is 129 Å². The average Bonchev–Trinajstić information content (AvgIpc) is 3.15. The van der Waals surface area contributed by atoms with E-state index in [9.17, 15) is 0 Å². The Hall–Kier alpha value is 2.76. The van der Waals surface area contributed by atoms with E-state index in [1.807, 2.05) is 20.2 Å². The molecular weight excluding hydrogens is 778 g/mol. The minimum absolute atomic E-state index is 0.560. The summed E-state index contributed by atoms with van der Waals surface area (Å²) in [5, 5.41) is 0. The zero-order valence-electron chi connectivity index (χ0n) is 19.7. The van der Waals surface area contributed by atoms with E-state index in [2.05, 4.69) is 45.9 Å². The number of nitrogens with zero attached hydrogens (tertiary/aromatic N) is 10. The molecule has 2 atom stereocenters. The molecule has 0 amide bonds. The number of halogens is 8. The van der Waals surface area contributed by atoms with E-state index in [0.29, 0.717) is 26.2 Å². The summed E-state index contributed by atoms with van der Waals surface area (Å²) in [6.07, 6.45) is 0. The van der Waals surface area contributed by atoms with Gasteiger partial charge < -0.3 is 0 Å². The lowest BCUT2D eigenvalue weighted by Crippen LogP contribution is -2.18. The van der Waals surface area contributed by atoms with Crippen LogP contribution in [-0.4, -0.2) is 59.0 Å². The SMILES string of the molecule is CN1CCN(Cc2cccc(CN3CCN(C)[P@@]34=NP(Cl)(Cl)=NP(Cl)(Cl)=N4)c2)[P@@]12=NP(Cl)(Cl)=NP(Cl)(Cl)=N2. The third-order valence-corrected chi connectivity index (χ3v) is 31.0. The second-order valence-corrected chi connectivity index (χ2v) is 34.8. The van der Waals surface area contributed by atoms with E-state index in [4.69, 9.17) is 108 Å². The lowest BCUT2D eigenvalue weighted by molar-refractivity contribution is 0.471. The molecule has 38 heavy (non-hydrogen) atoms. The standard InChI is InChI=1S/C14H22Cl8N10P6/c1-29-6-8-31(37(29)25-33(15,16)23-34(17,18)26-37)11-13-4-3-5-14(10-13)12-32-9-7-30(2)38(32)27-35(19,20)24-36(21,22)28-38/h3-5,10H,6-9,11-12H2,1-2H3. The van der Waals surface area contributed by atoms with Crippen LogP contribution in [0, 0.1) is 0 Å². The molecule has 1 aromatic rings. The molecule has 0 unspecified atom stereocenters. The van der Waals surface area contributed by atoms with Crippen LogP contribution in [0.3, 0.4) is 0 Å². The Morgan fingerprint density at radius 1 is 0.579 bits per heavy atom. The van der Waals surface area contributed by atoms with Gasteiger partial charge in [0.15, 0.2) is 0 Å². The Labute approximate surface area is 261 Å². The minimum Gasteiger partial charge on any atom is -0.241 e. The van der Waals surface area contributed by atoms with Crippen LogP contribution >= 0.6 is 129 Å². The quantitative estimate of drug-likeness (QED) is 0.284. The van der Waals surface area contributed by atoms with Gasteiger partial charge in [0.2, 0.25) is 15.0 Å². The van der Waals surface area contributed by atoms with E-state index < -0.39 is 38.7 Å². The van der Waals surface area contributed by atoms with Crippen molar-refractivity contribution in [2.24, 2.45) is 27.1 Å². The van der Waals surface area contributed by atoms with Crippen LogP contribution in [0.4, 0.5) is 0 Å². The van der Waals surface area contributed by atoms with Crippen molar-refractivity contribution in [1.29, 1.82) is 0 Å². The van der Waals surface area contributed by atoms with Gasteiger partial charge in [-0.2, -0.15) is 27.1 Å². The molecule has 4 aliphatic heterocycles. The summed E-state index contributed by atoms with van der Waals surface area (Å²) in [5.74, 6) is -12.2. The first-order chi connectivity index (χ1) is 17.5. The van der Waals surface area contributed by atoms with Gasteiger partial charge in [0, 0.05) is 39.3 Å². The van der Waals surface area contributed by atoms with Crippen molar-refractivity contribution in [1.82, 2.24) is 18.7 Å². The highest BCUT2D eigenvalue weighted by atomic mass is 35.9. The van der Waals surface area contributed by atoms with Gasteiger partial charge in [-0.3, -0.25) is 0 Å². The van der Waals surface area contributed by atoms with E-state index in [0.717, 1.165) is 24.2 Å². The molecule has 0 N–H and O–H groups in total. The molecule has 24 heteroatoms. The molecule has 4 heterocycles. The summed E-state index contributed by atoms with van der Waals surface area (Å²) >= 11 is 51.6. The zero-order chi connectivity index (χ0) is 27.8. The molecule has 2 saturated heterocycles. The summed E-state index contributed by atoms with van der Waals surface area (Å²) in [6.45, 7) is 4.00. The lowest BCUT2D eigenvalue weighted by atomic mass is 10.1. The van der Waals surface area contributed by atoms with Crippen LogP contribution in [-0.2, 0) is 13.1 Å². The molecule has 2 spiro atoms. The molecular formula is C14H22Cl8N10P6. The lowest BCUT2D eigenvalue weighted by Gasteiger charge is -2.34. The van der Waals surface area contributed by atoms with Crippen molar-refractivity contribution in [2.45, 2.75) is 13.1 Å². The fraction of sp³-hybridized carbons (Fsp3) is 0.571. The monoisotopic (exact) mass is 796 g/mol. The highest BCUT2D eigenvalue weighted by Crippen LogP contribution is 2.88. The second-order valence-electron chi connectivity index (χ2n) is 8.79. The normalized spacial score (nSPS) is 34.2. The van der Waals surface area contributed by atoms with Gasteiger partial charge in [-0.1, -0.05) is 24.3 Å². The molecule has 1 aromatic carbocycles. The predicted octanol–water partition coefficient (Wildman–Crippen LogP) is 12.8. The first-order valence-corrected chi connectivity index (χ1v) is 28.1. The maximum atomic E-state index is 6.46. The highest BCUT2D eigenvalue weighted by molar-refractivity contribution is 8.21. The van der Waals surface area contributed by atoms with Gasteiger partial charge in [0.05, 0.1) is 0 Å². The van der Waals surface area contributed by atoms with Gasteiger partial charge in [-0.25, -0.2) is 18.7 Å². The van der Waals surface area contributed by atoms with Crippen LogP contribution in [0.1, 0.15) is 11.1 Å². The number of likely N-dealkylation sites (N-methyl/N-ethyl adjacent to an activating group) is 2. The van der Waals surface area contributed by atoms with Gasteiger partial charge in [0.1, 0.15) is 0 Å². The van der Waals surface area contributed by atoms with Gasteiger partial charge in [-0.05, 0) is 115 Å². The molecule has 5 rings (SSSR count). The van der Waals surface area contributed by atoms with Crippen molar-refractivity contribution in [3.63, 3.8) is 0 Å². The van der Waals surface area contributed by atoms with Gasteiger partial charge >= 0.3 is 0 Å². The van der Waals surface area contributed by atoms with Gasteiger partial charge in [-0.15, -0.1) is 0 Å². The van der Waals surface area contributed by atoms with Crippen LogP contribution in [0.15, 0.2) is 51.4 Å². The first-order valence-electron chi connectivity index (χ1n) is 10.9. The Morgan fingerprint density at radius 2 is 0.947 bits per heavy atom. The van der Waals surface area contributed by atoms with E-state index in [1.165, 1.54) is 0 Å². The molecule has 0 aromatic heterocycles. The fourth-order valence-electron chi connectivity index (χ4n) is 4.53. The molecule has 0 radical (unpaired) electrons. The van der Waals surface area contributed by atoms with Crippen molar-refractivity contribution < 1.29 is 0 Å². The Balaban J connectivity index is 1.46. The number of benzene rings is 1. The predicted molar refractivity (Wildman–Crippen MR) is 175 cm³/mol. The molecule has 214 valence electrons. The van der Waals surface area contributed by atoms with Crippen LogP contribution in [0.2, 0.25) is 0 Å². The van der Waals surface area contributed by atoms with Crippen LogP contribution in [0.5, 0.6) is 0 Å². The summed E-state index contributed by atoms with van der Waals surface area (Å²) in [6, 6.07) is 8.25. The molecule has 2 fully saturated rings. The van der Waals surface area contributed by atoms with Crippen molar-refractivity contribution in [3.8, 4) is 0 Å². The van der Waals surface area contributed by atoms with Crippen molar-refractivity contribution in [2.75, 3.05) is 40.3 Å². The molecule has 0 bridgehead atoms. The van der Waals surface area contributed by atoms with Crippen molar-refractivity contribution in [3.05, 3.63) is 35.4 Å². The fourth-order valence-corrected chi connectivity index (χ4v) is 37.1. The number of hydrogen-bond acceptors (Lipinski definition) is 10. The minimum atomic E-state index is -3.05. The largest absolute Gasteiger partial charge is 0.257 e. The third kappa shape index (κ3) is 6.71. The highest BCUT2D eigenvalue weighted by Gasteiger charge is 2.46. The maximum Gasteiger partial charge on any atom is 0.257 e. The topological polar surface area (TPSA) is 87.1 Å². The summed E-state index contributed by atoms with van der Waals surface area (Å²) in [7, 11) is -1.46. The number of hydrogen-bond donors (Lipinski definition) is 0. The zero-order valence-corrected chi connectivity index (χ0v) is 31.1. The Kier molecular flexibility index (Phi) is 9.55. The maximum absolute atomic E-state index is 6.46. The second kappa shape index (κ2) is 11.3. The first kappa shape index (κ1) is 32.2. The summed E-state index contributed by atoms with van der Waals surface area (Å²) in [4.78, 5) is 0. The van der Waals surface area contributed by atoms with Crippen LogP contribution in [0.25, 0.3) is 0 Å². The summed E-state index contributed by atoms with van der Waals surface area (Å²) in [5.41, 5.74) is 2.12. The average molecular weight is 800 g/mol. The Morgan fingerprint density at radius 3 is 1.32 bits per heavy atom. The molecule has 0 saturated carbocycles. The number of rotatable bonds is 4. The van der Waals surface area contributed by atoms with E-state index >= 15 is 0 Å². The Bertz CT molecular complexity index is 1380. The third-order valence-electron chi connectivity index (χ3n) is 6.10. The van der Waals surface area contributed by atoms with E-state index in [1.54, 1.807) is 0 Å². The molecule has 4 aliphatic rings.